The van der Waals surface area contributed by atoms with E-state index in [0.29, 0.717) is 5.56 Å². The number of rotatable bonds is 6. The lowest BCUT2D eigenvalue weighted by molar-refractivity contribution is 0.102. The smallest absolute Gasteiger partial charge is 0.256 e. The summed E-state index contributed by atoms with van der Waals surface area (Å²) >= 11 is 3.42. The third-order valence-corrected chi connectivity index (χ3v) is 7.52. The fourth-order valence-corrected chi connectivity index (χ4v) is 6.12. The molecule has 0 aliphatic heterocycles. The molecule has 4 aromatic rings. The number of carbonyl (C=O) groups excluding carboxylic acids is 1. The summed E-state index contributed by atoms with van der Waals surface area (Å²) in [7, 11) is 0. The Bertz CT molecular complexity index is 1150. The fraction of sp³-hybridized carbons (Fsp3) is 0.200. The zero-order valence-corrected chi connectivity index (χ0v) is 18.6. The largest absolute Gasteiger partial charge is 0.359 e. The predicted molar refractivity (Wildman–Crippen MR) is 129 cm³/mol. The van der Waals surface area contributed by atoms with Crippen molar-refractivity contribution in [1.29, 1.82) is 0 Å². The molecule has 1 amide bonds. The van der Waals surface area contributed by atoms with Crippen molar-refractivity contribution in [3.05, 3.63) is 98.7 Å². The van der Waals surface area contributed by atoms with Gasteiger partial charge in [-0.25, -0.2) is 4.98 Å². The van der Waals surface area contributed by atoms with E-state index in [-0.39, 0.29) is 11.9 Å². The van der Waals surface area contributed by atoms with Gasteiger partial charge in [-0.3, -0.25) is 4.79 Å². The van der Waals surface area contributed by atoms with Crippen molar-refractivity contribution in [2.24, 2.45) is 0 Å². The molecule has 156 valence electrons. The number of nitrogens with zero attached hydrogens (tertiary/aromatic N) is 1. The van der Waals surface area contributed by atoms with E-state index in [0.717, 1.165) is 23.7 Å². The number of fused-ring (bicyclic) bond motifs is 1. The molecular weight excluding hydrogens is 422 g/mol. The first-order chi connectivity index (χ1) is 15.3. The summed E-state index contributed by atoms with van der Waals surface area (Å²) in [5.74, 6) is 0.761. The third kappa shape index (κ3) is 4.27. The van der Waals surface area contributed by atoms with Crippen molar-refractivity contribution in [2.45, 2.75) is 31.7 Å². The molecule has 6 heteroatoms. The first-order valence-electron chi connectivity index (χ1n) is 10.5. The molecule has 3 heterocycles. The minimum absolute atomic E-state index is 0.0645. The Morgan fingerprint density at radius 3 is 2.61 bits per heavy atom. The van der Waals surface area contributed by atoms with Crippen LogP contribution in [-0.4, -0.2) is 10.9 Å². The molecule has 0 saturated heterocycles. The minimum Gasteiger partial charge on any atom is -0.359 e. The van der Waals surface area contributed by atoms with E-state index in [1.165, 1.54) is 34.4 Å². The average Bonchev–Trinajstić information content (AvgIpc) is 3.47. The van der Waals surface area contributed by atoms with Gasteiger partial charge in [-0.2, -0.15) is 11.3 Å². The van der Waals surface area contributed by atoms with Crippen LogP contribution in [0.25, 0.3) is 0 Å². The van der Waals surface area contributed by atoms with Crippen LogP contribution in [0.3, 0.4) is 0 Å². The maximum absolute atomic E-state index is 13.0. The Morgan fingerprint density at radius 1 is 1.00 bits per heavy atom. The maximum Gasteiger partial charge on any atom is 0.256 e. The van der Waals surface area contributed by atoms with Gasteiger partial charge >= 0.3 is 0 Å². The molecule has 0 radical (unpaired) electrons. The van der Waals surface area contributed by atoms with Crippen LogP contribution in [0.1, 0.15) is 50.8 Å². The molecule has 0 spiro atoms. The van der Waals surface area contributed by atoms with Crippen LogP contribution in [0.15, 0.2) is 71.6 Å². The van der Waals surface area contributed by atoms with Gasteiger partial charge in [-0.05, 0) is 77.9 Å². The Hall–Kier alpha value is -2.96. The van der Waals surface area contributed by atoms with Crippen molar-refractivity contribution in [3.63, 3.8) is 0 Å². The van der Waals surface area contributed by atoms with Gasteiger partial charge in [-0.1, -0.05) is 24.3 Å². The second kappa shape index (κ2) is 9.04. The lowest BCUT2D eigenvalue weighted by atomic mass is 9.90. The van der Waals surface area contributed by atoms with Crippen LogP contribution in [0.5, 0.6) is 0 Å². The van der Waals surface area contributed by atoms with Gasteiger partial charge in [0.15, 0.2) is 0 Å². The highest BCUT2D eigenvalue weighted by Crippen LogP contribution is 2.44. The number of hydrogen-bond acceptors (Lipinski definition) is 5. The van der Waals surface area contributed by atoms with Crippen LogP contribution in [-0.2, 0) is 12.8 Å². The first-order valence-corrected chi connectivity index (χ1v) is 12.3. The van der Waals surface area contributed by atoms with Gasteiger partial charge in [0.2, 0.25) is 0 Å². The number of aryl methyl sites for hydroxylation is 1. The topological polar surface area (TPSA) is 54.0 Å². The van der Waals surface area contributed by atoms with Crippen molar-refractivity contribution >= 4 is 39.4 Å². The number of benzene rings is 1. The minimum atomic E-state index is -0.0673. The van der Waals surface area contributed by atoms with Crippen molar-refractivity contribution in [1.82, 2.24) is 4.98 Å². The van der Waals surface area contributed by atoms with Crippen LogP contribution in [0.2, 0.25) is 0 Å². The summed E-state index contributed by atoms with van der Waals surface area (Å²) in [5.41, 5.74) is 4.44. The van der Waals surface area contributed by atoms with E-state index in [2.05, 4.69) is 32.4 Å². The van der Waals surface area contributed by atoms with E-state index in [4.69, 9.17) is 0 Å². The van der Waals surface area contributed by atoms with Crippen molar-refractivity contribution < 1.29 is 4.79 Å². The standard InChI is InChI=1S/C25H23N3OS2/c29-24(17-8-2-1-3-9-17)28-25-22(19-10-4-5-11-20(19)31-25)23(18-13-15-30-16-18)27-21-12-6-7-14-26-21/h1-3,6-9,12-16,23H,4-5,10-11H2,(H,26,27)(H,28,29)/t23-/m0/s1. The molecule has 1 atom stereocenters. The average molecular weight is 446 g/mol. The Labute approximate surface area is 190 Å². The summed E-state index contributed by atoms with van der Waals surface area (Å²) < 4.78 is 0. The Balaban J connectivity index is 1.58. The zero-order chi connectivity index (χ0) is 21.0. The van der Waals surface area contributed by atoms with E-state index >= 15 is 0 Å². The lowest BCUT2D eigenvalue weighted by Gasteiger charge is -2.23. The molecule has 4 nitrogen and oxygen atoms in total. The van der Waals surface area contributed by atoms with Gasteiger partial charge in [-0.15, -0.1) is 11.3 Å². The van der Waals surface area contributed by atoms with Crippen molar-refractivity contribution in [2.75, 3.05) is 10.6 Å². The van der Waals surface area contributed by atoms with E-state index < -0.39 is 0 Å². The molecule has 1 aliphatic carbocycles. The molecule has 1 aromatic carbocycles. The SMILES string of the molecule is O=C(Nc1sc2c(c1[C@@H](Nc1ccccn1)c1ccsc1)CCCC2)c1ccccc1. The number of aromatic nitrogens is 1. The number of anilines is 2. The molecule has 5 rings (SSSR count). The Kier molecular flexibility index (Phi) is 5.82. The van der Waals surface area contributed by atoms with Gasteiger partial charge in [0.25, 0.3) is 5.91 Å². The number of carbonyl (C=O) groups is 1. The van der Waals surface area contributed by atoms with Gasteiger partial charge < -0.3 is 10.6 Å². The molecule has 0 saturated carbocycles. The molecule has 3 aromatic heterocycles. The molecule has 0 bridgehead atoms. The number of hydrogen-bond donors (Lipinski definition) is 2. The summed E-state index contributed by atoms with van der Waals surface area (Å²) in [5, 5.41) is 12.1. The van der Waals surface area contributed by atoms with E-state index in [9.17, 15) is 4.79 Å². The molecule has 31 heavy (non-hydrogen) atoms. The molecule has 1 aliphatic rings. The summed E-state index contributed by atoms with van der Waals surface area (Å²) in [6.45, 7) is 0. The monoisotopic (exact) mass is 445 g/mol. The number of nitrogens with one attached hydrogen (secondary N) is 2. The third-order valence-electron chi connectivity index (χ3n) is 5.60. The summed E-state index contributed by atoms with van der Waals surface area (Å²) in [4.78, 5) is 18.9. The van der Waals surface area contributed by atoms with Crippen LogP contribution >= 0.6 is 22.7 Å². The second-order valence-electron chi connectivity index (χ2n) is 7.62. The predicted octanol–water partition coefficient (Wildman–Crippen LogP) is 6.54. The van der Waals surface area contributed by atoms with Gasteiger partial charge in [0, 0.05) is 22.2 Å². The Morgan fingerprint density at radius 2 is 1.84 bits per heavy atom. The van der Waals surface area contributed by atoms with Crippen LogP contribution < -0.4 is 10.6 Å². The normalized spacial score (nSPS) is 13.9. The highest BCUT2D eigenvalue weighted by molar-refractivity contribution is 7.16. The van der Waals surface area contributed by atoms with E-state index in [1.54, 1.807) is 28.9 Å². The first kappa shape index (κ1) is 20.0. The van der Waals surface area contributed by atoms with Crippen molar-refractivity contribution in [3.8, 4) is 0 Å². The summed E-state index contributed by atoms with van der Waals surface area (Å²) in [6.07, 6.45) is 6.31. The number of thiophene rings is 2. The lowest BCUT2D eigenvalue weighted by Crippen LogP contribution is -2.18. The van der Waals surface area contributed by atoms with Crippen LogP contribution in [0, 0.1) is 0 Å². The van der Waals surface area contributed by atoms with Gasteiger partial charge in [0.05, 0.1) is 6.04 Å². The quantitative estimate of drug-likeness (QED) is 0.354. The molecule has 0 unspecified atom stereocenters. The molecular formula is C25H23N3OS2. The second-order valence-corrected chi connectivity index (χ2v) is 9.51. The van der Waals surface area contributed by atoms with E-state index in [1.807, 2.05) is 48.5 Å². The van der Waals surface area contributed by atoms with Crippen LogP contribution in [0.4, 0.5) is 10.8 Å². The molecule has 2 N–H and O–H groups in total. The maximum atomic E-state index is 13.0. The zero-order valence-electron chi connectivity index (χ0n) is 17.0. The number of amides is 1. The molecule has 0 fully saturated rings. The number of pyridine rings is 1. The highest BCUT2D eigenvalue weighted by atomic mass is 32.1. The summed E-state index contributed by atoms with van der Waals surface area (Å²) in [6, 6.07) is 17.4. The fourth-order valence-electron chi connectivity index (χ4n) is 4.11. The highest BCUT2D eigenvalue weighted by Gasteiger charge is 2.29. The van der Waals surface area contributed by atoms with Gasteiger partial charge in [0.1, 0.15) is 10.8 Å².